The van der Waals surface area contributed by atoms with E-state index in [1.54, 1.807) is 30.3 Å². The molecule has 0 heterocycles. The number of nitrogens with zero attached hydrogens (tertiary/aromatic N) is 1. The lowest BCUT2D eigenvalue weighted by molar-refractivity contribution is -0.115. The molecule has 2 aromatic rings. The van der Waals surface area contributed by atoms with Gasteiger partial charge in [-0.25, -0.2) is 4.79 Å². The number of carbonyl (C=O) groups is 2. The lowest BCUT2D eigenvalue weighted by Gasteiger charge is -2.12. The largest absolute Gasteiger partial charge is 0.493 e. The number of amides is 3. The Morgan fingerprint density at radius 3 is 2.63 bits per heavy atom. The summed E-state index contributed by atoms with van der Waals surface area (Å²) in [5, 5.41) is 11.5. The van der Waals surface area contributed by atoms with Crippen LogP contribution in [0.1, 0.15) is 11.1 Å². The van der Waals surface area contributed by atoms with Crippen molar-refractivity contribution in [3.05, 3.63) is 64.2 Å². The van der Waals surface area contributed by atoms with E-state index >= 15 is 0 Å². The average Bonchev–Trinajstić information content (AvgIpc) is 2.65. The first-order chi connectivity index (χ1) is 12.9. The molecule has 0 saturated heterocycles. The third kappa shape index (κ3) is 5.49. The van der Waals surface area contributed by atoms with Gasteiger partial charge in [-0.15, -0.1) is 0 Å². The Balaban J connectivity index is 2.21. The summed E-state index contributed by atoms with van der Waals surface area (Å²) in [6, 6.07) is 12.9. The lowest BCUT2D eigenvalue weighted by Crippen LogP contribution is -2.35. The summed E-state index contributed by atoms with van der Waals surface area (Å²) >= 11 is 6.11. The minimum absolute atomic E-state index is 0.246. The van der Waals surface area contributed by atoms with Crippen molar-refractivity contribution in [2.24, 2.45) is 5.73 Å². The average molecular weight is 386 g/mol. The number of benzene rings is 2. The Bertz CT molecular complexity index is 935. The van der Waals surface area contributed by atoms with Gasteiger partial charge in [0.2, 0.25) is 0 Å². The zero-order valence-corrected chi connectivity index (χ0v) is 15.1. The molecular weight excluding hydrogens is 370 g/mol. The maximum absolute atomic E-state index is 11.7. The fourth-order valence-electron chi connectivity index (χ4n) is 2.16. The molecule has 0 saturated carbocycles. The molecule has 0 atom stereocenters. The van der Waals surface area contributed by atoms with Gasteiger partial charge in [0, 0.05) is 10.6 Å². The third-order valence-corrected chi connectivity index (χ3v) is 3.81. The number of halogens is 1. The highest BCUT2D eigenvalue weighted by Gasteiger charge is 2.12. The number of nitrogens with two attached hydrogens (primary N) is 1. The van der Waals surface area contributed by atoms with Crippen LogP contribution in [-0.2, 0) is 11.4 Å². The van der Waals surface area contributed by atoms with Crippen LogP contribution in [0.15, 0.2) is 48.0 Å². The van der Waals surface area contributed by atoms with Gasteiger partial charge in [0.25, 0.3) is 5.91 Å². The van der Waals surface area contributed by atoms with E-state index in [4.69, 9.17) is 32.1 Å². The zero-order valence-electron chi connectivity index (χ0n) is 14.4. The van der Waals surface area contributed by atoms with E-state index in [1.807, 2.05) is 23.5 Å². The van der Waals surface area contributed by atoms with Crippen molar-refractivity contribution < 1.29 is 19.1 Å². The van der Waals surface area contributed by atoms with Gasteiger partial charge in [-0.05, 0) is 29.8 Å². The molecule has 2 rings (SSSR count). The van der Waals surface area contributed by atoms with Crippen molar-refractivity contribution in [2.45, 2.75) is 6.61 Å². The normalized spacial score (nSPS) is 10.6. The van der Waals surface area contributed by atoms with E-state index in [2.05, 4.69) is 0 Å². The highest BCUT2D eigenvalue weighted by atomic mass is 35.5. The van der Waals surface area contributed by atoms with Gasteiger partial charge in [-0.2, -0.15) is 5.26 Å². The van der Waals surface area contributed by atoms with Crippen molar-refractivity contribution in [3.63, 3.8) is 0 Å². The Kier molecular flexibility index (Phi) is 6.80. The molecule has 138 valence electrons. The number of urea groups is 1. The first kappa shape index (κ1) is 19.8. The van der Waals surface area contributed by atoms with Gasteiger partial charge < -0.3 is 15.2 Å². The Morgan fingerprint density at radius 1 is 1.26 bits per heavy atom. The number of carbonyl (C=O) groups excluding carboxylic acids is 2. The molecule has 7 nitrogen and oxygen atoms in total. The molecule has 0 spiro atoms. The second kappa shape index (κ2) is 9.27. The first-order valence-electron chi connectivity index (χ1n) is 7.71. The summed E-state index contributed by atoms with van der Waals surface area (Å²) in [7, 11) is 1.47. The van der Waals surface area contributed by atoms with Crippen LogP contribution < -0.4 is 20.5 Å². The van der Waals surface area contributed by atoms with E-state index in [-0.39, 0.29) is 12.2 Å². The number of imide groups is 1. The monoisotopic (exact) mass is 385 g/mol. The number of hydrogen-bond donors (Lipinski definition) is 2. The first-order valence-corrected chi connectivity index (χ1v) is 8.09. The van der Waals surface area contributed by atoms with Crippen molar-refractivity contribution in [2.75, 3.05) is 7.11 Å². The van der Waals surface area contributed by atoms with Crippen LogP contribution in [0, 0.1) is 11.3 Å². The molecule has 27 heavy (non-hydrogen) atoms. The van der Waals surface area contributed by atoms with Crippen LogP contribution in [0.4, 0.5) is 4.79 Å². The molecule has 0 unspecified atom stereocenters. The summed E-state index contributed by atoms with van der Waals surface area (Å²) in [5.74, 6) is -0.0129. The lowest BCUT2D eigenvalue weighted by atomic mass is 10.1. The predicted molar refractivity (Wildman–Crippen MR) is 100 cm³/mol. The van der Waals surface area contributed by atoms with Crippen molar-refractivity contribution in [1.29, 1.82) is 5.26 Å². The molecule has 0 aliphatic heterocycles. The molecule has 0 bridgehead atoms. The molecule has 0 aliphatic carbocycles. The minimum atomic E-state index is -1.04. The summed E-state index contributed by atoms with van der Waals surface area (Å²) in [6.07, 6.45) is 1.30. The Morgan fingerprint density at radius 2 is 2.00 bits per heavy atom. The number of hydrogen-bond acceptors (Lipinski definition) is 5. The molecule has 0 aromatic heterocycles. The number of rotatable bonds is 6. The minimum Gasteiger partial charge on any atom is -0.493 e. The molecule has 0 aliphatic rings. The van der Waals surface area contributed by atoms with Gasteiger partial charge >= 0.3 is 6.03 Å². The predicted octanol–water partition coefficient (Wildman–Crippen LogP) is 3.03. The maximum atomic E-state index is 11.7. The quantitative estimate of drug-likeness (QED) is 0.585. The standard InChI is InChI=1S/C19H16ClN3O4/c1-26-17-9-12(8-14(10-21)18(24)23-19(22)25)6-7-16(17)27-11-13-4-2-3-5-15(13)20/h2-9H,11H2,1H3,(H3,22,23,24,25)/b14-8-. The fraction of sp³-hybridized carbons (Fsp3) is 0.105. The van der Waals surface area contributed by atoms with Crippen LogP contribution in [0.2, 0.25) is 5.02 Å². The number of methoxy groups -OCH3 is 1. The molecule has 3 amide bonds. The van der Waals surface area contributed by atoms with Gasteiger partial charge in [0.15, 0.2) is 11.5 Å². The smallest absolute Gasteiger partial charge is 0.319 e. The molecule has 0 radical (unpaired) electrons. The van der Waals surface area contributed by atoms with Crippen LogP contribution in [0.3, 0.4) is 0 Å². The molecule has 0 fully saturated rings. The fourth-order valence-corrected chi connectivity index (χ4v) is 2.35. The molecule has 8 heteroatoms. The summed E-state index contributed by atoms with van der Waals surface area (Å²) in [4.78, 5) is 22.5. The SMILES string of the molecule is COc1cc(/C=C(/C#N)C(=O)NC(N)=O)ccc1OCc1ccccc1Cl. The second-order valence-corrected chi connectivity index (χ2v) is 5.69. The van der Waals surface area contributed by atoms with Crippen LogP contribution >= 0.6 is 11.6 Å². The van der Waals surface area contributed by atoms with Crippen LogP contribution in [-0.4, -0.2) is 19.0 Å². The summed E-state index contributed by atoms with van der Waals surface area (Å²) in [6.45, 7) is 0.246. The number of ether oxygens (including phenoxy) is 2. The van der Waals surface area contributed by atoms with Crippen LogP contribution in [0.25, 0.3) is 6.08 Å². The van der Waals surface area contributed by atoms with Crippen LogP contribution in [0.5, 0.6) is 11.5 Å². The van der Waals surface area contributed by atoms with E-state index in [1.165, 1.54) is 13.2 Å². The highest BCUT2D eigenvalue weighted by Crippen LogP contribution is 2.30. The summed E-state index contributed by atoms with van der Waals surface area (Å²) in [5.41, 5.74) is 5.93. The van der Waals surface area contributed by atoms with Gasteiger partial charge in [0.05, 0.1) is 7.11 Å². The number of nitriles is 1. The molecule has 3 N–H and O–H groups in total. The van der Waals surface area contributed by atoms with Crippen molar-refractivity contribution >= 4 is 29.6 Å². The van der Waals surface area contributed by atoms with Crippen molar-refractivity contribution in [3.8, 4) is 17.6 Å². The van der Waals surface area contributed by atoms with E-state index < -0.39 is 11.9 Å². The topological polar surface area (TPSA) is 114 Å². The number of primary amides is 1. The molecule has 2 aromatic carbocycles. The second-order valence-electron chi connectivity index (χ2n) is 5.28. The molecular formula is C19H16ClN3O4. The summed E-state index contributed by atoms with van der Waals surface area (Å²) < 4.78 is 11.0. The zero-order chi connectivity index (χ0) is 19.8. The van der Waals surface area contributed by atoms with Gasteiger partial charge in [-0.3, -0.25) is 10.1 Å². The van der Waals surface area contributed by atoms with E-state index in [0.29, 0.717) is 22.1 Å². The van der Waals surface area contributed by atoms with Gasteiger partial charge in [0.1, 0.15) is 18.2 Å². The maximum Gasteiger partial charge on any atom is 0.319 e. The van der Waals surface area contributed by atoms with E-state index in [9.17, 15) is 9.59 Å². The highest BCUT2D eigenvalue weighted by molar-refractivity contribution is 6.31. The third-order valence-electron chi connectivity index (χ3n) is 3.44. The Labute approximate surface area is 160 Å². The van der Waals surface area contributed by atoms with Crippen molar-refractivity contribution in [1.82, 2.24) is 5.32 Å². The van der Waals surface area contributed by atoms with E-state index in [0.717, 1.165) is 5.56 Å². The van der Waals surface area contributed by atoms with Gasteiger partial charge in [-0.1, -0.05) is 35.9 Å². The Hall–Kier alpha value is -3.50. The number of nitrogens with one attached hydrogen (secondary N) is 1.